The van der Waals surface area contributed by atoms with Crippen LogP contribution in [0.2, 0.25) is 0 Å². The summed E-state index contributed by atoms with van der Waals surface area (Å²) in [6, 6.07) is 17.7. The molecular weight excluding hydrogens is 316 g/mol. The first-order valence-electron chi connectivity index (χ1n) is 8.32. The van der Waals surface area contributed by atoms with Crippen molar-refractivity contribution in [3.63, 3.8) is 0 Å². The van der Waals surface area contributed by atoms with Crippen LogP contribution in [0.3, 0.4) is 0 Å². The topological polar surface area (TPSA) is 52.6 Å². The molecule has 132 valence electrons. The van der Waals surface area contributed by atoms with E-state index in [-0.39, 0.29) is 36.5 Å². The quantitative estimate of drug-likeness (QED) is 0.733. The summed E-state index contributed by atoms with van der Waals surface area (Å²) in [5.41, 5.74) is 0.849. The third-order valence-corrected chi connectivity index (χ3v) is 4.07. The van der Waals surface area contributed by atoms with Crippen LogP contribution < -0.4 is 0 Å². The van der Waals surface area contributed by atoms with E-state index >= 15 is 0 Å². The van der Waals surface area contributed by atoms with Gasteiger partial charge in [0.2, 0.25) is 0 Å². The third-order valence-electron chi connectivity index (χ3n) is 4.07. The van der Waals surface area contributed by atoms with E-state index in [1.54, 1.807) is 48.5 Å². The summed E-state index contributed by atoms with van der Waals surface area (Å²) in [7, 11) is 0. The molecule has 0 saturated carbocycles. The highest BCUT2D eigenvalue weighted by molar-refractivity contribution is 5.89. The standard InChI is InChI=1S/C21H24O4/c1-21(2,3)18(14-24-19(22)16-10-6-4-7-11-16)15-25-20(23)17-12-8-5-9-13-17/h4-13,18H,14-15H2,1-3H3. The fraction of sp³-hybridized carbons (Fsp3) is 0.333. The lowest BCUT2D eigenvalue weighted by atomic mass is 9.82. The Hall–Kier alpha value is -2.62. The van der Waals surface area contributed by atoms with Crippen molar-refractivity contribution in [3.8, 4) is 0 Å². The summed E-state index contributed by atoms with van der Waals surface area (Å²) in [6.45, 7) is 6.48. The van der Waals surface area contributed by atoms with E-state index in [4.69, 9.17) is 9.47 Å². The van der Waals surface area contributed by atoms with Crippen LogP contribution in [0.1, 0.15) is 41.5 Å². The number of carbonyl (C=O) groups is 2. The van der Waals surface area contributed by atoms with Crippen LogP contribution in [-0.2, 0) is 9.47 Å². The molecular formula is C21H24O4. The van der Waals surface area contributed by atoms with Gasteiger partial charge in [0.15, 0.2) is 0 Å². The normalized spacial score (nSPS) is 11.2. The highest BCUT2D eigenvalue weighted by Gasteiger charge is 2.28. The average molecular weight is 340 g/mol. The maximum Gasteiger partial charge on any atom is 0.338 e. The Labute approximate surface area is 148 Å². The highest BCUT2D eigenvalue weighted by atomic mass is 16.5. The number of carbonyl (C=O) groups excluding carboxylic acids is 2. The Morgan fingerprint density at radius 2 is 1.12 bits per heavy atom. The van der Waals surface area contributed by atoms with Gasteiger partial charge in [-0.15, -0.1) is 0 Å². The van der Waals surface area contributed by atoms with Crippen molar-refractivity contribution in [2.45, 2.75) is 20.8 Å². The van der Waals surface area contributed by atoms with Crippen LogP contribution in [-0.4, -0.2) is 25.2 Å². The van der Waals surface area contributed by atoms with Crippen molar-refractivity contribution in [2.75, 3.05) is 13.2 Å². The number of hydrogen-bond acceptors (Lipinski definition) is 4. The second-order valence-electron chi connectivity index (χ2n) is 6.99. The minimum Gasteiger partial charge on any atom is -0.462 e. The number of ether oxygens (including phenoxy) is 2. The molecule has 0 amide bonds. The van der Waals surface area contributed by atoms with Gasteiger partial charge in [0.25, 0.3) is 0 Å². The molecule has 0 fully saturated rings. The van der Waals surface area contributed by atoms with Crippen LogP contribution in [0.25, 0.3) is 0 Å². The number of benzene rings is 2. The molecule has 25 heavy (non-hydrogen) atoms. The van der Waals surface area contributed by atoms with Crippen LogP contribution >= 0.6 is 0 Å². The maximum atomic E-state index is 12.1. The Morgan fingerprint density at radius 1 is 0.760 bits per heavy atom. The minimum atomic E-state index is -0.371. The summed E-state index contributed by atoms with van der Waals surface area (Å²) in [5, 5.41) is 0. The molecule has 0 radical (unpaired) electrons. The second-order valence-corrected chi connectivity index (χ2v) is 6.99. The fourth-order valence-electron chi connectivity index (χ4n) is 2.22. The molecule has 0 spiro atoms. The molecule has 0 saturated heterocycles. The van der Waals surface area contributed by atoms with Crippen molar-refractivity contribution in [1.29, 1.82) is 0 Å². The van der Waals surface area contributed by atoms with Gasteiger partial charge in [-0.1, -0.05) is 57.2 Å². The predicted octanol–water partition coefficient (Wildman–Crippen LogP) is 4.36. The van der Waals surface area contributed by atoms with E-state index in [2.05, 4.69) is 0 Å². The van der Waals surface area contributed by atoms with Crippen molar-refractivity contribution >= 4 is 11.9 Å². The SMILES string of the molecule is CC(C)(C)C(COC(=O)c1ccccc1)COC(=O)c1ccccc1. The molecule has 0 heterocycles. The fourth-order valence-corrected chi connectivity index (χ4v) is 2.22. The summed E-state index contributed by atoms with van der Waals surface area (Å²) in [5.74, 6) is -0.846. The molecule has 0 atom stereocenters. The molecule has 0 unspecified atom stereocenters. The van der Waals surface area contributed by atoms with Gasteiger partial charge < -0.3 is 9.47 Å². The first-order chi connectivity index (χ1) is 11.9. The molecule has 4 heteroatoms. The van der Waals surface area contributed by atoms with Crippen molar-refractivity contribution < 1.29 is 19.1 Å². The number of hydrogen-bond donors (Lipinski definition) is 0. The van der Waals surface area contributed by atoms with Crippen molar-refractivity contribution in [2.24, 2.45) is 11.3 Å². The van der Waals surface area contributed by atoms with Gasteiger partial charge in [0.1, 0.15) is 0 Å². The molecule has 0 aliphatic carbocycles. The maximum absolute atomic E-state index is 12.1. The smallest absolute Gasteiger partial charge is 0.338 e. The largest absolute Gasteiger partial charge is 0.462 e. The monoisotopic (exact) mass is 340 g/mol. The molecule has 0 aliphatic heterocycles. The van der Waals surface area contributed by atoms with Gasteiger partial charge in [-0.05, 0) is 29.7 Å². The van der Waals surface area contributed by atoms with Gasteiger partial charge in [-0.2, -0.15) is 0 Å². The first kappa shape index (κ1) is 18.7. The summed E-state index contributed by atoms with van der Waals surface area (Å²) < 4.78 is 10.8. The van der Waals surface area contributed by atoms with Crippen LogP contribution in [0, 0.1) is 11.3 Å². The van der Waals surface area contributed by atoms with Gasteiger partial charge in [0.05, 0.1) is 24.3 Å². The number of rotatable bonds is 6. The Kier molecular flexibility index (Phi) is 6.34. The number of esters is 2. The van der Waals surface area contributed by atoms with Crippen LogP contribution in [0.5, 0.6) is 0 Å². The van der Waals surface area contributed by atoms with Gasteiger partial charge in [0, 0.05) is 5.92 Å². The van der Waals surface area contributed by atoms with E-state index in [0.29, 0.717) is 11.1 Å². The predicted molar refractivity (Wildman–Crippen MR) is 96.4 cm³/mol. The lowest BCUT2D eigenvalue weighted by molar-refractivity contribution is 0.00566. The zero-order chi connectivity index (χ0) is 18.3. The minimum absolute atomic E-state index is 0.104. The summed E-state index contributed by atoms with van der Waals surface area (Å²) in [4.78, 5) is 24.2. The van der Waals surface area contributed by atoms with E-state index in [0.717, 1.165) is 0 Å². The van der Waals surface area contributed by atoms with E-state index in [1.807, 2.05) is 32.9 Å². The Balaban J connectivity index is 1.93. The van der Waals surface area contributed by atoms with Crippen molar-refractivity contribution in [3.05, 3.63) is 71.8 Å². The summed E-state index contributed by atoms with van der Waals surface area (Å²) >= 11 is 0. The molecule has 0 aromatic heterocycles. The van der Waals surface area contributed by atoms with E-state index in [9.17, 15) is 9.59 Å². The van der Waals surface area contributed by atoms with E-state index in [1.165, 1.54) is 0 Å². The molecule has 2 aromatic carbocycles. The Bertz CT molecular complexity index is 631. The molecule has 0 aliphatic rings. The average Bonchev–Trinajstić information content (AvgIpc) is 2.61. The molecule has 0 bridgehead atoms. The third kappa shape index (κ3) is 5.75. The van der Waals surface area contributed by atoms with Crippen LogP contribution in [0.15, 0.2) is 60.7 Å². The van der Waals surface area contributed by atoms with E-state index < -0.39 is 0 Å². The molecule has 4 nitrogen and oxygen atoms in total. The molecule has 0 N–H and O–H groups in total. The van der Waals surface area contributed by atoms with Gasteiger partial charge in [-0.3, -0.25) is 0 Å². The highest BCUT2D eigenvalue weighted by Crippen LogP contribution is 2.27. The summed E-state index contributed by atoms with van der Waals surface area (Å²) in [6.07, 6.45) is 0. The lowest BCUT2D eigenvalue weighted by Gasteiger charge is -2.29. The first-order valence-corrected chi connectivity index (χ1v) is 8.32. The van der Waals surface area contributed by atoms with Crippen molar-refractivity contribution in [1.82, 2.24) is 0 Å². The zero-order valence-corrected chi connectivity index (χ0v) is 14.9. The lowest BCUT2D eigenvalue weighted by Crippen LogP contribution is -2.31. The zero-order valence-electron chi connectivity index (χ0n) is 14.9. The molecule has 2 aromatic rings. The Morgan fingerprint density at radius 3 is 1.44 bits per heavy atom. The van der Waals surface area contributed by atoms with Crippen LogP contribution in [0.4, 0.5) is 0 Å². The molecule has 2 rings (SSSR count). The van der Waals surface area contributed by atoms with Gasteiger partial charge >= 0.3 is 11.9 Å². The van der Waals surface area contributed by atoms with Gasteiger partial charge in [-0.25, -0.2) is 9.59 Å². The second kappa shape index (κ2) is 8.47.